The van der Waals surface area contributed by atoms with Crippen molar-refractivity contribution in [1.29, 1.82) is 5.26 Å². The fraction of sp³-hybridized carbons (Fsp3) is 0.462. The van der Waals surface area contributed by atoms with Crippen molar-refractivity contribution in [1.82, 2.24) is 15.8 Å². The van der Waals surface area contributed by atoms with Gasteiger partial charge in [0.25, 0.3) is 0 Å². The second-order valence-electron chi connectivity index (χ2n) is 4.12. The Morgan fingerprint density at radius 2 is 2.00 bits per heavy atom. The summed E-state index contributed by atoms with van der Waals surface area (Å²) in [7, 11) is 3.64. The number of hydrogen-bond donors (Lipinski definition) is 3. The number of hydrogen-bond acceptors (Lipinski definition) is 5. The zero-order chi connectivity index (χ0) is 13.4. The number of rotatable bonds is 7. The molecule has 5 heteroatoms. The number of aliphatic hydroxyl groups excluding tert-OH is 1. The van der Waals surface area contributed by atoms with Crippen molar-refractivity contribution in [2.24, 2.45) is 0 Å². The molecule has 3 N–H and O–H groups in total. The summed E-state index contributed by atoms with van der Waals surface area (Å²) in [4.78, 5) is 0. The second kappa shape index (κ2) is 7.80. The molecule has 0 aliphatic carbocycles. The first-order valence-corrected chi connectivity index (χ1v) is 5.93. The average molecular weight is 248 g/mol. The summed E-state index contributed by atoms with van der Waals surface area (Å²) in [6.45, 7) is 1.78. The zero-order valence-electron chi connectivity index (χ0n) is 10.8. The van der Waals surface area contributed by atoms with E-state index in [2.05, 4.69) is 16.8 Å². The van der Waals surface area contributed by atoms with Crippen molar-refractivity contribution in [3.63, 3.8) is 0 Å². The van der Waals surface area contributed by atoms with Crippen LogP contribution in [0.5, 0.6) is 0 Å². The molecule has 98 valence electrons. The summed E-state index contributed by atoms with van der Waals surface area (Å²) < 4.78 is 0. The number of nitrogens with zero attached hydrogens (tertiary/aromatic N) is 2. The lowest BCUT2D eigenvalue weighted by Gasteiger charge is -2.24. The molecule has 0 aliphatic heterocycles. The van der Waals surface area contributed by atoms with Crippen LogP contribution in [0, 0.1) is 11.3 Å². The molecule has 0 amide bonds. The minimum atomic E-state index is -0.416. The van der Waals surface area contributed by atoms with E-state index in [1.54, 1.807) is 12.1 Å². The summed E-state index contributed by atoms with van der Waals surface area (Å²) >= 11 is 0. The van der Waals surface area contributed by atoms with Crippen LogP contribution >= 0.6 is 0 Å². The minimum Gasteiger partial charge on any atom is -0.390 e. The van der Waals surface area contributed by atoms with E-state index in [1.165, 1.54) is 0 Å². The van der Waals surface area contributed by atoms with E-state index in [0.717, 1.165) is 5.56 Å². The van der Waals surface area contributed by atoms with Gasteiger partial charge in [-0.1, -0.05) is 12.1 Å². The molecule has 0 aliphatic rings. The molecular weight excluding hydrogens is 228 g/mol. The van der Waals surface area contributed by atoms with Gasteiger partial charge in [-0.2, -0.15) is 5.26 Å². The van der Waals surface area contributed by atoms with Crippen molar-refractivity contribution in [3.05, 3.63) is 35.4 Å². The third kappa shape index (κ3) is 4.82. The molecule has 0 spiro atoms. The van der Waals surface area contributed by atoms with Crippen LogP contribution in [0.1, 0.15) is 11.1 Å². The van der Waals surface area contributed by atoms with Crippen LogP contribution in [0.25, 0.3) is 0 Å². The largest absolute Gasteiger partial charge is 0.390 e. The summed E-state index contributed by atoms with van der Waals surface area (Å²) in [5.41, 5.74) is 4.80. The minimum absolute atomic E-state index is 0.416. The zero-order valence-corrected chi connectivity index (χ0v) is 10.8. The highest BCUT2D eigenvalue weighted by atomic mass is 16.3. The molecule has 1 rings (SSSR count). The van der Waals surface area contributed by atoms with Crippen LogP contribution < -0.4 is 10.7 Å². The van der Waals surface area contributed by atoms with Crippen molar-refractivity contribution < 1.29 is 5.11 Å². The molecule has 18 heavy (non-hydrogen) atoms. The highest BCUT2D eigenvalue weighted by molar-refractivity contribution is 5.31. The van der Waals surface area contributed by atoms with Gasteiger partial charge in [0.15, 0.2) is 0 Å². The Hall–Kier alpha value is -1.45. The molecule has 1 aromatic carbocycles. The number of nitriles is 1. The summed E-state index contributed by atoms with van der Waals surface area (Å²) in [5, 5.41) is 23.3. The first-order chi connectivity index (χ1) is 8.69. The topological polar surface area (TPSA) is 71.3 Å². The Kier molecular flexibility index (Phi) is 6.33. The van der Waals surface area contributed by atoms with Gasteiger partial charge < -0.3 is 10.4 Å². The monoisotopic (exact) mass is 248 g/mol. The molecular formula is C13H20N4O. The lowest BCUT2D eigenvalue weighted by atomic mass is 10.1. The Bertz CT molecular complexity index is 385. The van der Waals surface area contributed by atoms with Gasteiger partial charge in [-0.3, -0.25) is 5.43 Å². The van der Waals surface area contributed by atoms with Gasteiger partial charge >= 0.3 is 0 Å². The normalized spacial score (nSPS) is 12.4. The maximum Gasteiger partial charge on any atom is 0.0991 e. The molecule has 0 saturated heterocycles. The molecule has 5 nitrogen and oxygen atoms in total. The van der Waals surface area contributed by atoms with E-state index >= 15 is 0 Å². The summed E-state index contributed by atoms with van der Waals surface area (Å²) in [5.74, 6) is 0. The van der Waals surface area contributed by atoms with Crippen molar-refractivity contribution in [3.8, 4) is 6.07 Å². The molecule has 0 radical (unpaired) electrons. The molecule has 0 unspecified atom stereocenters. The van der Waals surface area contributed by atoms with Crippen molar-refractivity contribution in [2.75, 3.05) is 27.2 Å². The molecule has 1 aromatic rings. The third-order valence-corrected chi connectivity index (χ3v) is 2.64. The Morgan fingerprint density at radius 1 is 1.33 bits per heavy atom. The predicted octanol–water partition coefficient (Wildman–Crippen LogP) is 0.0750. The van der Waals surface area contributed by atoms with Crippen LogP contribution in [0.2, 0.25) is 0 Å². The van der Waals surface area contributed by atoms with E-state index in [9.17, 15) is 5.11 Å². The Morgan fingerprint density at radius 3 is 2.50 bits per heavy atom. The maximum absolute atomic E-state index is 9.72. The fourth-order valence-corrected chi connectivity index (χ4v) is 1.69. The van der Waals surface area contributed by atoms with Gasteiger partial charge in [0.1, 0.15) is 0 Å². The molecule has 0 bridgehead atoms. The molecule has 0 aromatic heterocycles. The van der Waals surface area contributed by atoms with Crippen molar-refractivity contribution >= 4 is 0 Å². The number of likely N-dealkylation sites (N-methyl/N-ethyl adjacent to an activating group) is 1. The molecule has 1 atom stereocenters. The summed E-state index contributed by atoms with van der Waals surface area (Å²) in [6.07, 6.45) is -0.416. The Balaban J connectivity index is 2.54. The lowest BCUT2D eigenvalue weighted by molar-refractivity contribution is 0.0840. The van der Waals surface area contributed by atoms with Crippen LogP contribution in [-0.2, 0) is 6.54 Å². The maximum atomic E-state index is 9.72. The molecule has 0 fully saturated rings. The predicted molar refractivity (Wildman–Crippen MR) is 70.6 cm³/mol. The van der Waals surface area contributed by atoms with Gasteiger partial charge in [0.05, 0.1) is 17.7 Å². The van der Waals surface area contributed by atoms with Gasteiger partial charge in [0.2, 0.25) is 0 Å². The highest BCUT2D eigenvalue weighted by Crippen LogP contribution is 2.06. The van der Waals surface area contributed by atoms with Gasteiger partial charge in [-0.25, -0.2) is 5.01 Å². The van der Waals surface area contributed by atoms with Gasteiger partial charge in [-0.05, 0) is 31.8 Å². The van der Waals surface area contributed by atoms with Crippen LogP contribution in [0.4, 0.5) is 0 Å². The molecule has 0 saturated carbocycles. The average Bonchev–Trinajstić information content (AvgIpc) is 2.39. The highest BCUT2D eigenvalue weighted by Gasteiger charge is 2.10. The molecule has 0 heterocycles. The van der Waals surface area contributed by atoms with Gasteiger partial charge in [0, 0.05) is 19.6 Å². The second-order valence-corrected chi connectivity index (χ2v) is 4.12. The van der Waals surface area contributed by atoms with Crippen LogP contribution in [0.3, 0.4) is 0 Å². The van der Waals surface area contributed by atoms with E-state index in [0.29, 0.717) is 25.2 Å². The quantitative estimate of drug-likeness (QED) is 0.596. The van der Waals surface area contributed by atoms with Crippen LogP contribution in [0.15, 0.2) is 24.3 Å². The third-order valence-electron chi connectivity index (χ3n) is 2.64. The van der Waals surface area contributed by atoms with E-state index < -0.39 is 6.10 Å². The van der Waals surface area contributed by atoms with E-state index in [-0.39, 0.29) is 0 Å². The standard InChI is InChI=1S/C13H20N4O/c1-15-8-13(18)10-17(16-2)9-12-5-3-11(7-14)4-6-12/h3-6,13,15-16,18H,8-10H2,1-2H3/t13-/m1/s1. The number of benzene rings is 1. The first kappa shape index (κ1) is 14.6. The van der Waals surface area contributed by atoms with Crippen LogP contribution in [-0.4, -0.2) is 43.4 Å². The smallest absolute Gasteiger partial charge is 0.0991 e. The number of aliphatic hydroxyl groups is 1. The lowest BCUT2D eigenvalue weighted by Crippen LogP contribution is -2.43. The van der Waals surface area contributed by atoms with Crippen molar-refractivity contribution in [2.45, 2.75) is 12.6 Å². The fourth-order valence-electron chi connectivity index (χ4n) is 1.69. The van der Waals surface area contributed by atoms with E-state index in [4.69, 9.17) is 5.26 Å². The number of nitrogens with one attached hydrogen (secondary N) is 2. The van der Waals surface area contributed by atoms with Gasteiger partial charge in [-0.15, -0.1) is 0 Å². The van der Waals surface area contributed by atoms with E-state index in [1.807, 2.05) is 31.2 Å². The first-order valence-electron chi connectivity index (χ1n) is 5.93. The SMILES string of the molecule is CNC[C@@H](O)CN(Cc1ccc(C#N)cc1)NC. The number of hydrazine groups is 1. The Labute approximate surface area is 108 Å². The summed E-state index contributed by atoms with van der Waals surface area (Å²) in [6, 6.07) is 9.54.